The zero-order valence-electron chi connectivity index (χ0n) is 19.5. The molecule has 7 nitrogen and oxygen atoms in total. The minimum absolute atomic E-state index is 0.0811. The number of anilines is 2. The number of hydrogen-bond donors (Lipinski definition) is 1. The summed E-state index contributed by atoms with van der Waals surface area (Å²) in [6.45, 7) is 1.16. The molecule has 36 heavy (non-hydrogen) atoms. The smallest absolute Gasteiger partial charge is 0.280 e. The molecule has 0 aliphatic heterocycles. The van der Waals surface area contributed by atoms with Gasteiger partial charge in [-0.15, -0.1) is 0 Å². The lowest BCUT2D eigenvalue weighted by Gasteiger charge is -2.19. The van der Waals surface area contributed by atoms with Crippen molar-refractivity contribution in [2.45, 2.75) is 13.3 Å². The summed E-state index contributed by atoms with van der Waals surface area (Å²) in [7, 11) is 1.60. The summed E-state index contributed by atoms with van der Waals surface area (Å²) in [6.07, 6.45) is -2.82. The Morgan fingerprint density at radius 2 is 1.69 bits per heavy atom. The third-order valence-electron chi connectivity index (χ3n) is 5.35. The largest absolute Gasteiger partial charge is 0.467 e. The van der Waals surface area contributed by atoms with Crippen LogP contribution < -0.4 is 15.4 Å². The predicted molar refractivity (Wildman–Crippen MR) is 130 cm³/mol. The molecule has 2 heterocycles. The molecule has 4 aromatic rings. The predicted octanol–water partition coefficient (Wildman–Crippen LogP) is 5.21. The maximum absolute atomic E-state index is 13.6. The maximum atomic E-state index is 13.6. The lowest BCUT2D eigenvalue weighted by Crippen LogP contribution is -2.31. The van der Waals surface area contributed by atoms with Gasteiger partial charge in [0.15, 0.2) is 6.61 Å². The SMILES string of the molecule is Cc1cc(-c2c(OCC(=O)N(C)c3ccccc3)nc(N)nc2-c2ccc(F)cc2)cc(C(F)F)n1. The summed E-state index contributed by atoms with van der Waals surface area (Å²) in [5, 5.41) is 0. The third-order valence-corrected chi connectivity index (χ3v) is 5.35. The minimum Gasteiger partial charge on any atom is -0.467 e. The molecule has 0 unspecified atom stereocenters. The van der Waals surface area contributed by atoms with Crippen LogP contribution in [0, 0.1) is 12.7 Å². The lowest BCUT2D eigenvalue weighted by atomic mass is 9.99. The van der Waals surface area contributed by atoms with Gasteiger partial charge < -0.3 is 15.4 Å². The second-order valence-corrected chi connectivity index (χ2v) is 7.92. The molecule has 4 rings (SSSR count). The molecule has 0 spiro atoms. The number of rotatable bonds is 7. The fourth-order valence-electron chi connectivity index (χ4n) is 3.61. The van der Waals surface area contributed by atoms with Gasteiger partial charge in [0.1, 0.15) is 11.5 Å². The standard InChI is InChI=1S/C26H22F3N5O2/c1-15-12-17(13-20(31-15)24(28)29)22-23(16-8-10-18(27)11-9-16)32-26(30)33-25(22)36-14-21(35)34(2)19-6-4-3-5-7-19/h3-13,24H,14H2,1-2H3,(H2,30,32,33). The van der Waals surface area contributed by atoms with E-state index in [2.05, 4.69) is 15.0 Å². The van der Waals surface area contributed by atoms with Gasteiger partial charge in [-0.05, 0) is 61.0 Å². The number of carbonyl (C=O) groups excluding carboxylic acids is 1. The molecular weight excluding hydrogens is 471 g/mol. The lowest BCUT2D eigenvalue weighted by molar-refractivity contribution is -0.120. The normalized spacial score (nSPS) is 10.9. The van der Waals surface area contributed by atoms with E-state index in [4.69, 9.17) is 10.5 Å². The fourth-order valence-corrected chi connectivity index (χ4v) is 3.61. The molecule has 1 amide bonds. The molecule has 0 saturated heterocycles. The number of benzene rings is 2. The van der Waals surface area contributed by atoms with Gasteiger partial charge in [-0.2, -0.15) is 4.98 Å². The number of halogens is 3. The van der Waals surface area contributed by atoms with Gasteiger partial charge in [0.05, 0.1) is 11.3 Å². The first-order chi connectivity index (χ1) is 17.2. The molecule has 0 saturated carbocycles. The van der Waals surface area contributed by atoms with Crippen molar-refractivity contribution in [3.05, 3.63) is 83.9 Å². The Balaban J connectivity index is 1.80. The third kappa shape index (κ3) is 5.43. The van der Waals surface area contributed by atoms with Crippen molar-refractivity contribution in [3.8, 4) is 28.3 Å². The number of alkyl halides is 2. The number of aromatic nitrogens is 3. The Morgan fingerprint density at radius 1 is 1.00 bits per heavy atom. The Labute approximate surface area is 205 Å². The van der Waals surface area contributed by atoms with Crippen molar-refractivity contribution in [2.75, 3.05) is 24.3 Å². The summed E-state index contributed by atoms with van der Waals surface area (Å²) < 4.78 is 46.5. The van der Waals surface area contributed by atoms with Crippen LogP contribution in [0.5, 0.6) is 5.88 Å². The Bertz CT molecular complexity index is 1380. The van der Waals surface area contributed by atoms with Crippen molar-refractivity contribution in [2.24, 2.45) is 0 Å². The van der Waals surface area contributed by atoms with Crippen LogP contribution in [0.15, 0.2) is 66.7 Å². The minimum atomic E-state index is -2.82. The van der Waals surface area contributed by atoms with Crippen LogP contribution in [0.2, 0.25) is 0 Å². The number of pyridine rings is 1. The number of hydrogen-bond acceptors (Lipinski definition) is 6. The quantitative estimate of drug-likeness (QED) is 0.380. The van der Waals surface area contributed by atoms with Gasteiger partial charge in [-0.1, -0.05) is 18.2 Å². The van der Waals surface area contributed by atoms with Crippen LogP contribution in [-0.2, 0) is 4.79 Å². The monoisotopic (exact) mass is 493 g/mol. The van der Waals surface area contributed by atoms with E-state index in [0.29, 0.717) is 16.9 Å². The highest BCUT2D eigenvalue weighted by atomic mass is 19.3. The van der Waals surface area contributed by atoms with Crippen LogP contribution in [0.3, 0.4) is 0 Å². The Hall–Kier alpha value is -4.47. The first kappa shape index (κ1) is 24.6. The van der Waals surface area contributed by atoms with Crippen molar-refractivity contribution >= 4 is 17.5 Å². The number of nitrogens with zero attached hydrogens (tertiary/aromatic N) is 4. The Morgan fingerprint density at radius 3 is 2.36 bits per heavy atom. The summed E-state index contributed by atoms with van der Waals surface area (Å²) >= 11 is 0. The van der Waals surface area contributed by atoms with Crippen molar-refractivity contribution < 1.29 is 22.7 Å². The number of nitrogen functional groups attached to an aromatic ring is 1. The molecule has 0 fully saturated rings. The van der Waals surface area contributed by atoms with Crippen LogP contribution in [-0.4, -0.2) is 34.5 Å². The zero-order chi connectivity index (χ0) is 25.8. The average Bonchev–Trinajstić information content (AvgIpc) is 2.87. The summed E-state index contributed by atoms with van der Waals surface area (Å²) in [4.78, 5) is 26.6. The molecule has 2 aromatic heterocycles. The van der Waals surface area contributed by atoms with Gasteiger partial charge >= 0.3 is 0 Å². The second kappa shape index (κ2) is 10.4. The molecule has 0 atom stereocenters. The van der Waals surface area contributed by atoms with E-state index in [1.807, 2.05) is 6.07 Å². The molecule has 2 N–H and O–H groups in total. The first-order valence-corrected chi connectivity index (χ1v) is 10.9. The molecule has 0 aliphatic rings. The zero-order valence-corrected chi connectivity index (χ0v) is 19.5. The number of aryl methyl sites for hydroxylation is 1. The van der Waals surface area contributed by atoms with Crippen LogP contribution in [0.4, 0.5) is 24.8 Å². The molecular formula is C26H22F3N5O2. The topological polar surface area (TPSA) is 94.2 Å². The number of nitrogens with two attached hydrogens (primary N) is 1. The highest BCUT2D eigenvalue weighted by Gasteiger charge is 2.22. The second-order valence-electron chi connectivity index (χ2n) is 7.92. The van der Waals surface area contributed by atoms with Crippen molar-refractivity contribution in [1.82, 2.24) is 15.0 Å². The van der Waals surface area contributed by atoms with Crippen LogP contribution in [0.25, 0.3) is 22.4 Å². The van der Waals surface area contributed by atoms with E-state index in [9.17, 15) is 18.0 Å². The van der Waals surface area contributed by atoms with Gasteiger partial charge in [0.25, 0.3) is 12.3 Å². The van der Waals surface area contributed by atoms with Crippen LogP contribution in [0.1, 0.15) is 17.8 Å². The highest BCUT2D eigenvalue weighted by molar-refractivity contribution is 5.94. The van der Waals surface area contributed by atoms with E-state index >= 15 is 0 Å². The van der Waals surface area contributed by atoms with Gasteiger partial charge in [-0.25, -0.2) is 18.2 Å². The fraction of sp³-hybridized carbons (Fsp3) is 0.154. The van der Waals surface area contributed by atoms with E-state index in [1.165, 1.54) is 35.2 Å². The van der Waals surface area contributed by atoms with E-state index in [0.717, 1.165) is 0 Å². The number of amides is 1. The number of likely N-dealkylation sites (N-methyl/N-ethyl adjacent to an activating group) is 1. The summed E-state index contributed by atoms with van der Waals surface area (Å²) in [5.74, 6) is -1.10. The molecule has 0 aliphatic carbocycles. The molecule has 0 radical (unpaired) electrons. The number of ether oxygens (including phenoxy) is 1. The average molecular weight is 493 g/mol. The molecule has 2 aromatic carbocycles. The van der Waals surface area contributed by atoms with Gasteiger partial charge in [-0.3, -0.25) is 9.78 Å². The van der Waals surface area contributed by atoms with Crippen molar-refractivity contribution in [1.29, 1.82) is 0 Å². The summed E-state index contributed by atoms with van der Waals surface area (Å²) in [6, 6.07) is 17.1. The summed E-state index contributed by atoms with van der Waals surface area (Å²) in [5.41, 5.74) is 7.66. The van der Waals surface area contributed by atoms with E-state index in [-0.39, 0.29) is 34.6 Å². The van der Waals surface area contributed by atoms with Crippen molar-refractivity contribution in [3.63, 3.8) is 0 Å². The number of para-hydroxylation sites is 1. The molecule has 10 heteroatoms. The first-order valence-electron chi connectivity index (χ1n) is 10.9. The van der Waals surface area contributed by atoms with E-state index in [1.54, 1.807) is 44.3 Å². The number of carbonyl (C=O) groups is 1. The van der Waals surface area contributed by atoms with E-state index < -0.39 is 24.5 Å². The van der Waals surface area contributed by atoms with Gasteiger partial charge in [0.2, 0.25) is 11.8 Å². The molecule has 184 valence electrons. The molecule has 0 bridgehead atoms. The van der Waals surface area contributed by atoms with Gasteiger partial charge in [0, 0.05) is 24.0 Å². The maximum Gasteiger partial charge on any atom is 0.280 e. The highest BCUT2D eigenvalue weighted by Crippen LogP contribution is 2.39. The Kier molecular flexibility index (Phi) is 7.14. The van der Waals surface area contributed by atoms with Crippen LogP contribution >= 0.6 is 0 Å².